The molecule has 2 aromatic carbocycles. The highest BCUT2D eigenvalue weighted by Gasteiger charge is 2.30. The first-order valence-corrected chi connectivity index (χ1v) is 12.2. The molecule has 0 aliphatic carbocycles. The van der Waals surface area contributed by atoms with Gasteiger partial charge in [0.05, 0.1) is 16.9 Å². The number of aromatic nitrogens is 2. The molecule has 1 unspecified atom stereocenters. The van der Waals surface area contributed by atoms with Crippen LogP contribution in [0.1, 0.15) is 18.3 Å². The van der Waals surface area contributed by atoms with Crippen molar-refractivity contribution in [2.24, 2.45) is 0 Å². The van der Waals surface area contributed by atoms with Gasteiger partial charge < -0.3 is 9.88 Å². The van der Waals surface area contributed by atoms with E-state index in [0.717, 1.165) is 28.1 Å². The van der Waals surface area contributed by atoms with E-state index in [4.69, 9.17) is 0 Å². The number of nitrogens with zero attached hydrogens (tertiary/aromatic N) is 2. The lowest BCUT2D eigenvalue weighted by Gasteiger charge is -2.22. The maximum Gasteiger partial charge on any atom is 0.260 e. The molecule has 1 N–H and O–H groups in total. The second-order valence-electron chi connectivity index (χ2n) is 7.65. The van der Waals surface area contributed by atoms with Crippen molar-refractivity contribution in [3.63, 3.8) is 0 Å². The summed E-state index contributed by atoms with van der Waals surface area (Å²) in [5, 5.41) is 2.61. The Bertz CT molecular complexity index is 1310. The summed E-state index contributed by atoms with van der Waals surface area (Å²) in [7, 11) is 0. The third-order valence-electron chi connectivity index (χ3n) is 5.52. The smallest absolute Gasteiger partial charge is 0.260 e. The van der Waals surface area contributed by atoms with Crippen molar-refractivity contribution in [3.8, 4) is 11.1 Å². The average molecular weight is 448 g/mol. The number of aromatic amines is 1. The molecular formula is C24H21N3O2S2. The minimum Gasteiger partial charge on any atom is -0.309 e. The van der Waals surface area contributed by atoms with Crippen LogP contribution >= 0.6 is 23.1 Å². The van der Waals surface area contributed by atoms with Crippen LogP contribution in [0.4, 0.5) is 5.69 Å². The Morgan fingerprint density at radius 1 is 1.19 bits per heavy atom. The van der Waals surface area contributed by atoms with Crippen molar-refractivity contribution in [3.05, 3.63) is 81.7 Å². The van der Waals surface area contributed by atoms with Crippen molar-refractivity contribution in [1.82, 2.24) is 9.97 Å². The van der Waals surface area contributed by atoms with E-state index in [0.29, 0.717) is 22.7 Å². The van der Waals surface area contributed by atoms with E-state index in [9.17, 15) is 9.59 Å². The minimum absolute atomic E-state index is 0.0911. The molecule has 5 rings (SSSR count). The second kappa shape index (κ2) is 8.32. The van der Waals surface area contributed by atoms with Gasteiger partial charge in [-0.15, -0.1) is 23.1 Å². The number of carbonyl (C=O) groups is 1. The fourth-order valence-corrected chi connectivity index (χ4v) is 5.85. The Labute approximate surface area is 188 Å². The first kappa shape index (κ1) is 20.0. The van der Waals surface area contributed by atoms with Gasteiger partial charge in [0.1, 0.15) is 10.7 Å². The molecule has 156 valence electrons. The van der Waals surface area contributed by atoms with Crippen molar-refractivity contribution >= 4 is 44.9 Å². The fraction of sp³-hybridized carbons (Fsp3) is 0.208. The molecule has 1 atom stereocenters. The summed E-state index contributed by atoms with van der Waals surface area (Å²) in [6.07, 6.45) is 0.889. The van der Waals surface area contributed by atoms with E-state index in [2.05, 4.69) is 23.0 Å². The van der Waals surface area contributed by atoms with E-state index in [1.165, 1.54) is 28.7 Å². The van der Waals surface area contributed by atoms with Crippen LogP contribution in [0.2, 0.25) is 0 Å². The largest absolute Gasteiger partial charge is 0.309 e. The molecule has 2 aromatic heterocycles. The molecule has 0 saturated heterocycles. The molecule has 0 spiro atoms. The van der Waals surface area contributed by atoms with Crippen molar-refractivity contribution in [2.75, 3.05) is 10.7 Å². The molecule has 1 amide bonds. The van der Waals surface area contributed by atoms with Crippen LogP contribution < -0.4 is 10.5 Å². The number of H-pyrrole nitrogens is 1. The molecule has 1 aliphatic rings. The zero-order chi connectivity index (χ0) is 21.4. The van der Waals surface area contributed by atoms with Gasteiger partial charge in [0.25, 0.3) is 5.56 Å². The van der Waals surface area contributed by atoms with Gasteiger partial charge in [-0.1, -0.05) is 48.5 Å². The molecule has 0 saturated carbocycles. The summed E-state index contributed by atoms with van der Waals surface area (Å²) in [5.41, 5.74) is 4.02. The van der Waals surface area contributed by atoms with Gasteiger partial charge in [-0.2, -0.15) is 0 Å². The number of amides is 1. The lowest BCUT2D eigenvalue weighted by atomic mass is 10.1. The Morgan fingerprint density at radius 3 is 2.81 bits per heavy atom. The van der Waals surface area contributed by atoms with Crippen LogP contribution in [-0.2, 0) is 17.0 Å². The first-order chi connectivity index (χ1) is 15.1. The van der Waals surface area contributed by atoms with Crippen LogP contribution in [0.3, 0.4) is 0 Å². The third kappa shape index (κ3) is 3.79. The third-order valence-corrected chi connectivity index (χ3v) is 7.32. The summed E-state index contributed by atoms with van der Waals surface area (Å²) in [6, 6.07) is 18.1. The van der Waals surface area contributed by atoms with E-state index >= 15 is 0 Å². The number of rotatable bonds is 5. The molecule has 0 bridgehead atoms. The summed E-state index contributed by atoms with van der Waals surface area (Å²) in [6.45, 7) is 2.08. The number of anilines is 1. The SMILES string of the molecule is CC1Cc2ccccc2N1C(=O)CSCc1nc2scc(-c3ccccc3)c2c(=O)[nH]1. The number of thioether (sulfide) groups is 1. The number of hydrogen-bond donors (Lipinski definition) is 1. The Balaban J connectivity index is 1.30. The number of para-hydroxylation sites is 1. The maximum atomic E-state index is 12.9. The van der Waals surface area contributed by atoms with Gasteiger partial charge in [0, 0.05) is 22.7 Å². The van der Waals surface area contributed by atoms with Crippen molar-refractivity contribution in [1.29, 1.82) is 0 Å². The Morgan fingerprint density at radius 2 is 1.97 bits per heavy atom. The van der Waals surface area contributed by atoms with Gasteiger partial charge in [0.15, 0.2) is 0 Å². The van der Waals surface area contributed by atoms with Crippen LogP contribution in [0.15, 0.2) is 64.8 Å². The van der Waals surface area contributed by atoms with Crippen molar-refractivity contribution < 1.29 is 4.79 Å². The summed E-state index contributed by atoms with van der Waals surface area (Å²) < 4.78 is 0. The minimum atomic E-state index is -0.130. The number of nitrogens with one attached hydrogen (secondary N) is 1. The molecule has 31 heavy (non-hydrogen) atoms. The number of carbonyl (C=O) groups excluding carboxylic acids is 1. The first-order valence-electron chi connectivity index (χ1n) is 10.2. The van der Waals surface area contributed by atoms with E-state index in [1.807, 2.05) is 58.8 Å². The average Bonchev–Trinajstić information content (AvgIpc) is 3.35. The highest BCUT2D eigenvalue weighted by Crippen LogP contribution is 2.33. The standard InChI is InChI=1S/C24H21N3O2S2/c1-15-11-17-9-5-6-10-19(17)27(15)21(28)14-30-13-20-25-23(29)22-18(12-31-24(22)26-20)16-7-3-2-4-8-16/h2-10,12,15H,11,13-14H2,1H3,(H,25,26,29). The zero-order valence-electron chi connectivity index (χ0n) is 17.0. The van der Waals surface area contributed by atoms with E-state index < -0.39 is 0 Å². The van der Waals surface area contributed by atoms with Gasteiger partial charge >= 0.3 is 0 Å². The van der Waals surface area contributed by atoms with E-state index in [-0.39, 0.29) is 17.5 Å². The topological polar surface area (TPSA) is 66.1 Å². The molecule has 3 heterocycles. The monoisotopic (exact) mass is 447 g/mol. The van der Waals surface area contributed by atoms with Crippen LogP contribution in [0.25, 0.3) is 21.3 Å². The molecule has 0 radical (unpaired) electrons. The summed E-state index contributed by atoms with van der Waals surface area (Å²) in [4.78, 5) is 35.8. The highest BCUT2D eigenvalue weighted by molar-refractivity contribution is 7.99. The van der Waals surface area contributed by atoms with Crippen LogP contribution in [-0.4, -0.2) is 27.7 Å². The number of benzene rings is 2. The van der Waals surface area contributed by atoms with Crippen LogP contribution in [0.5, 0.6) is 0 Å². The van der Waals surface area contributed by atoms with Gasteiger partial charge in [0.2, 0.25) is 5.91 Å². The van der Waals surface area contributed by atoms with E-state index in [1.54, 1.807) is 0 Å². The highest BCUT2D eigenvalue weighted by atomic mass is 32.2. The van der Waals surface area contributed by atoms with Crippen LogP contribution in [0, 0.1) is 0 Å². The van der Waals surface area contributed by atoms with Gasteiger partial charge in [-0.25, -0.2) is 4.98 Å². The lowest BCUT2D eigenvalue weighted by molar-refractivity contribution is -0.116. The normalized spacial score (nSPS) is 15.4. The molecule has 7 heteroatoms. The Kier molecular flexibility index (Phi) is 5.38. The molecule has 4 aromatic rings. The Hall–Kier alpha value is -2.90. The molecule has 0 fully saturated rings. The zero-order valence-corrected chi connectivity index (χ0v) is 18.6. The molecule has 1 aliphatic heterocycles. The maximum absolute atomic E-state index is 12.9. The number of thiophene rings is 1. The molecule has 5 nitrogen and oxygen atoms in total. The summed E-state index contributed by atoms with van der Waals surface area (Å²) >= 11 is 2.95. The number of fused-ring (bicyclic) bond motifs is 2. The van der Waals surface area contributed by atoms with Gasteiger partial charge in [-0.3, -0.25) is 9.59 Å². The van der Waals surface area contributed by atoms with Gasteiger partial charge in [-0.05, 0) is 30.5 Å². The van der Waals surface area contributed by atoms with Crippen molar-refractivity contribution in [2.45, 2.75) is 25.1 Å². The fourth-order valence-electron chi connectivity index (χ4n) is 4.14. The quantitative estimate of drug-likeness (QED) is 0.474. The predicted molar refractivity (Wildman–Crippen MR) is 129 cm³/mol. The molecular weight excluding hydrogens is 426 g/mol. The second-order valence-corrected chi connectivity index (χ2v) is 9.49. The summed E-state index contributed by atoms with van der Waals surface area (Å²) in [5.74, 6) is 1.53. The number of hydrogen-bond acceptors (Lipinski definition) is 5. The lowest BCUT2D eigenvalue weighted by Crippen LogP contribution is -2.37. The predicted octanol–water partition coefficient (Wildman–Crippen LogP) is 4.86.